The fraction of sp³-hybridized carbons (Fsp3) is 0.455. The van der Waals surface area contributed by atoms with E-state index in [0.717, 1.165) is 6.20 Å². The van der Waals surface area contributed by atoms with E-state index in [9.17, 15) is 13.6 Å². The summed E-state index contributed by atoms with van der Waals surface area (Å²) in [5.74, 6) is -0.461. The predicted molar refractivity (Wildman–Crippen MR) is 63.8 cm³/mol. The van der Waals surface area contributed by atoms with Crippen LogP contribution in [0.5, 0.6) is 5.75 Å². The number of esters is 1. The molecule has 0 amide bonds. The van der Waals surface area contributed by atoms with Crippen molar-refractivity contribution in [2.45, 2.75) is 19.8 Å². The van der Waals surface area contributed by atoms with E-state index in [1.54, 1.807) is 6.92 Å². The summed E-state index contributed by atoms with van der Waals surface area (Å²) in [7, 11) is 1.33. The largest absolute Gasteiger partial charge is 0.494 e. The average molecular weight is 324 g/mol. The Labute approximate surface area is 111 Å². The summed E-state index contributed by atoms with van der Waals surface area (Å²) in [4.78, 5) is 15.2. The first-order chi connectivity index (χ1) is 8.51. The van der Waals surface area contributed by atoms with Crippen LogP contribution < -0.4 is 4.74 Å². The van der Waals surface area contributed by atoms with Crippen molar-refractivity contribution < 1.29 is 23.0 Å². The Bertz CT molecular complexity index is 441. The van der Waals surface area contributed by atoms with Gasteiger partial charge in [0.1, 0.15) is 4.60 Å². The zero-order valence-electron chi connectivity index (χ0n) is 9.87. The van der Waals surface area contributed by atoms with Crippen LogP contribution in [0.25, 0.3) is 0 Å². The highest BCUT2D eigenvalue weighted by Crippen LogP contribution is 2.34. The molecule has 0 unspecified atom stereocenters. The first-order valence-corrected chi connectivity index (χ1v) is 5.95. The van der Waals surface area contributed by atoms with Crippen molar-refractivity contribution in [3.63, 3.8) is 0 Å². The van der Waals surface area contributed by atoms with Gasteiger partial charge in [-0.3, -0.25) is 4.79 Å². The topological polar surface area (TPSA) is 48.4 Å². The summed E-state index contributed by atoms with van der Waals surface area (Å²) < 4.78 is 35.7. The number of alkyl halides is 2. The minimum absolute atomic E-state index is 0.0906. The molecule has 0 fully saturated rings. The number of nitrogens with zero attached hydrogens (tertiary/aromatic N) is 1. The first kappa shape index (κ1) is 14.8. The molecule has 0 atom stereocenters. The van der Waals surface area contributed by atoms with Crippen LogP contribution in [-0.2, 0) is 16.0 Å². The van der Waals surface area contributed by atoms with Gasteiger partial charge in [-0.25, -0.2) is 13.8 Å². The Morgan fingerprint density at radius 1 is 1.56 bits per heavy atom. The summed E-state index contributed by atoms with van der Waals surface area (Å²) in [6.45, 7) is 1.84. The molecule has 1 aromatic rings. The molecule has 0 bridgehead atoms. The van der Waals surface area contributed by atoms with Crippen molar-refractivity contribution >= 4 is 21.9 Å². The number of rotatable bonds is 5. The fourth-order valence-electron chi connectivity index (χ4n) is 1.45. The molecular formula is C11H12BrF2NO3. The number of hydrogen-bond acceptors (Lipinski definition) is 4. The van der Waals surface area contributed by atoms with E-state index >= 15 is 0 Å². The quantitative estimate of drug-likeness (QED) is 0.617. The number of carbonyl (C=O) groups is 1. The van der Waals surface area contributed by atoms with Gasteiger partial charge in [-0.1, -0.05) is 0 Å². The highest BCUT2D eigenvalue weighted by atomic mass is 79.9. The van der Waals surface area contributed by atoms with E-state index in [2.05, 4.69) is 20.9 Å². The molecule has 0 aliphatic carbocycles. The van der Waals surface area contributed by atoms with Crippen LogP contribution in [0, 0.1) is 0 Å². The number of carbonyl (C=O) groups excluding carboxylic acids is 1. The summed E-state index contributed by atoms with van der Waals surface area (Å²) in [6, 6.07) is 0. The van der Waals surface area contributed by atoms with E-state index in [1.165, 1.54) is 7.11 Å². The van der Waals surface area contributed by atoms with E-state index < -0.39 is 12.4 Å². The van der Waals surface area contributed by atoms with Crippen molar-refractivity contribution in [3.05, 3.63) is 21.9 Å². The molecule has 0 aliphatic rings. The normalized spacial score (nSPS) is 10.6. The molecule has 0 aromatic carbocycles. The van der Waals surface area contributed by atoms with Gasteiger partial charge in [0, 0.05) is 17.3 Å². The highest BCUT2D eigenvalue weighted by molar-refractivity contribution is 9.10. The van der Waals surface area contributed by atoms with Crippen molar-refractivity contribution in [3.8, 4) is 5.75 Å². The van der Waals surface area contributed by atoms with Crippen LogP contribution in [0.3, 0.4) is 0 Å². The molecule has 100 valence electrons. The third-order valence-electron chi connectivity index (χ3n) is 2.19. The summed E-state index contributed by atoms with van der Waals surface area (Å²) in [5, 5.41) is 0. The summed E-state index contributed by atoms with van der Waals surface area (Å²) >= 11 is 3.09. The third-order valence-corrected chi connectivity index (χ3v) is 2.76. The molecule has 7 heteroatoms. The SMILES string of the molecule is CCOC(=O)Cc1c(C(F)F)cnc(Br)c1OC. The maximum absolute atomic E-state index is 12.8. The average Bonchev–Trinajstić information content (AvgIpc) is 2.29. The Hall–Kier alpha value is -1.24. The molecule has 0 aliphatic heterocycles. The molecule has 1 rings (SSSR count). The van der Waals surface area contributed by atoms with Gasteiger partial charge >= 0.3 is 5.97 Å². The minimum atomic E-state index is -2.73. The van der Waals surface area contributed by atoms with Crippen molar-refractivity contribution in [1.82, 2.24) is 4.98 Å². The molecule has 1 heterocycles. The maximum atomic E-state index is 12.8. The van der Waals surface area contributed by atoms with Crippen LogP contribution in [0.1, 0.15) is 24.5 Å². The molecule has 1 aromatic heterocycles. The minimum Gasteiger partial charge on any atom is -0.494 e. The lowest BCUT2D eigenvalue weighted by Gasteiger charge is -2.13. The standard InChI is InChI=1S/C11H12BrF2NO3/c1-3-18-8(16)4-6-7(11(13)14)5-15-10(12)9(6)17-2/h5,11H,3-4H2,1-2H3. The fourth-order valence-corrected chi connectivity index (χ4v) is 1.96. The van der Waals surface area contributed by atoms with Crippen molar-refractivity contribution in [2.24, 2.45) is 0 Å². The number of aromatic nitrogens is 1. The van der Waals surface area contributed by atoms with Gasteiger partial charge in [0.15, 0.2) is 5.75 Å². The second-order valence-electron chi connectivity index (χ2n) is 3.30. The van der Waals surface area contributed by atoms with E-state index in [4.69, 9.17) is 9.47 Å². The predicted octanol–water partition coefficient (Wildman–Crippen LogP) is 2.90. The number of halogens is 3. The van der Waals surface area contributed by atoms with Gasteiger partial charge in [-0.2, -0.15) is 0 Å². The van der Waals surface area contributed by atoms with E-state index in [-0.39, 0.29) is 34.5 Å². The third kappa shape index (κ3) is 3.38. The van der Waals surface area contributed by atoms with Crippen LogP contribution in [-0.4, -0.2) is 24.7 Å². The van der Waals surface area contributed by atoms with Crippen molar-refractivity contribution in [1.29, 1.82) is 0 Å². The molecule has 0 radical (unpaired) electrons. The molecule has 4 nitrogen and oxygen atoms in total. The Balaban J connectivity index is 3.19. The van der Waals surface area contributed by atoms with Crippen LogP contribution >= 0.6 is 15.9 Å². The molecule has 18 heavy (non-hydrogen) atoms. The van der Waals surface area contributed by atoms with Gasteiger partial charge in [0.25, 0.3) is 6.43 Å². The molecule has 0 saturated heterocycles. The molecule has 0 saturated carbocycles. The van der Waals surface area contributed by atoms with Gasteiger partial charge in [-0.15, -0.1) is 0 Å². The van der Waals surface area contributed by atoms with Gasteiger partial charge in [0.05, 0.1) is 20.1 Å². The van der Waals surface area contributed by atoms with Crippen LogP contribution in [0.2, 0.25) is 0 Å². The zero-order chi connectivity index (χ0) is 13.7. The number of ether oxygens (including phenoxy) is 2. The van der Waals surface area contributed by atoms with Crippen LogP contribution in [0.15, 0.2) is 10.8 Å². The lowest BCUT2D eigenvalue weighted by atomic mass is 10.1. The van der Waals surface area contributed by atoms with Gasteiger partial charge < -0.3 is 9.47 Å². The smallest absolute Gasteiger partial charge is 0.310 e. The summed E-state index contributed by atoms with van der Waals surface area (Å²) in [5.41, 5.74) is -0.240. The molecule has 0 spiro atoms. The van der Waals surface area contributed by atoms with Gasteiger partial charge in [-0.05, 0) is 22.9 Å². The summed E-state index contributed by atoms with van der Waals surface area (Å²) in [6.07, 6.45) is -1.99. The maximum Gasteiger partial charge on any atom is 0.310 e. The van der Waals surface area contributed by atoms with Crippen molar-refractivity contribution in [2.75, 3.05) is 13.7 Å². The lowest BCUT2D eigenvalue weighted by molar-refractivity contribution is -0.142. The monoisotopic (exact) mass is 323 g/mol. The Morgan fingerprint density at radius 2 is 2.22 bits per heavy atom. The number of hydrogen-bond donors (Lipinski definition) is 0. The second-order valence-corrected chi connectivity index (χ2v) is 4.05. The Morgan fingerprint density at radius 3 is 2.72 bits per heavy atom. The second kappa shape index (κ2) is 6.63. The lowest BCUT2D eigenvalue weighted by Crippen LogP contribution is -2.11. The van der Waals surface area contributed by atoms with E-state index in [0.29, 0.717) is 0 Å². The Kier molecular flexibility index (Phi) is 5.46. The molecule has 0 N–H and O–H groups in total. The van der Waals surface area contributed by atoms with Crippen LogP contribution in [0.4, 0.5) is 8.78 Å². The highest BCUT2D eigenvalue weighted by Gasteiger charge is 2.22. The van der Waals surface area contributed by atoms with Gasteiger partial charge in [0.2, 0.25) is 0 Å². The zero-order valence-corrected chi connectivity index (χ0v) is 11.5. The first-order valence-electron chi connectivity index (χ1n) is 5.16. The number of pyridine rings is 1. The van der Waals surface area contributed by atoms with E-state index in [1.807, 2.05) is 0 Å². The number of methoxy groups -OCH3 is 1. The molecular weight excluding hydrogens is 312 g/mol.